The molecule has 0 aromatic rings. The maximum absolute atomic E-state index is 8.86. The predicted octanol–water partition coefficient (Wildman–Crippen LogP) is 1.77. The molecule has 2 saturated heterocycles. The summed E-state index contributed by atoms with van der Waals surface area (Å²) in [4.78, 5) is 2.50. The van der Waals surface area contributed by atoms with Gasteiger partial charge in [-0.15, -0.1) is 0 Å². The maximum Gasteiger partial charge on any atom is 0.0657 e. The zero-order chi connectivity index (χ0) is 8.55. The first-order valence-corrected chi connectivity index (χ1v) is 4.93. The van der Waals surface area contributed by atoms with Crippen LogP contribution < -0.4 is 0 Å². The fourth-order valence-corrected chi connectivity index (χ4v) is 2.72. The molecule has 2 heterocycles. The van der Waals surface area contributed by atoms with Crippen LogP contribution in [0.4, 0.5) is 0 Å². The molecule has 2 atom stereocenters. The Balaban J connectivity index is 2.08. The first kappa shape index (κ1) is 8.07. The summed E-state index contributed by atoms with van der Waals surface area (Å²) in [6.45, 7) is 0. The highest BCUT2D eigenvalue weighted by molar-refractivity contribution is 4.97. The van der Waals surface area contributed by atoms with Crippen LogP contribution in [-0.2, 0) is 0 Å². The van der Waals surface area contributed by atoms with Gasteiger partial charge in [-0.3, -0.25) is 0 Å². The highest BCUT2D eigenvalue weighted by Crippen LogP contribution is 2.35. The zero-order valence-corrected chi connectivity index (χ0v) is 7.66. The van der Waals surface area contributed by atoms with E-state index < -0.39 is 0 Å². The second kappa shape index (κ2) is 3.06. The fraction of sp³-hybridized carbons (Fsp3) is 0.900. The van der Waals surface area contributed by atoms with Crippen molar-refractivity contribution >= 4 is 0 Å². The molecule has 2 bridgehead atoms. The lowest BCUT2D eigenvalue weighted by atomic mass is 9.79. The van der Waals surface area contributed by atoms with Gasteiger partial charge in [-0.1, -0.05) is 6.42 Å². The van der Waals surface area contributed by atoms with Gasteiger partial charge in [-0.2, -0.15) is 5.26 Å². The molecule has 2 unspecified atom stereocenters. The smallest absolute Gasteiger partial charge is 0.0657 e. The van der Waals surface area contributed by atoms with Crippen LogP contribution in [0.5, 0.6) is 0 Å². The normalized spacial score (nSPS) is 42.2. The van der Waals surface area contributed by atoms with E-state index in [4.69, 9.17) is 5.26 Å². The minimum atomic E-state index is 0.344. The number of fused-ring (bicyclic) bond motifs is 2. The van der Waals surface area contributed by atoms with Crippen molar-refractivity contribution in [2.75, 3.05) is 7.05 Å². The standard InChI is InChI=1S/C10H16N2/c1-12-9-3-2-4-10(12)6-8(5-9)7-11/h8-10H,2-6H2,1H3. The van der Waals surface area contributed by atoms with E-state index in [1.54, 1.807) is 0 Å². The Bertz CT molecular complexity index is 192. The van der Waals surface area contributed by atoms with Crippen LogP contribution in [0.15, 0.2) is 0 Å². The molecular weight excluding hydrogens is 148 g/mol. The third-order valence-electron chi connectivity index (χ3n) is 3.52. The fourth-order valence-electron chi connectivity index (χ4n) is 2.72. The molecular formula is C10H16N2. The van der Waals surface area contributed by atoms with E-state index in [0.29, 0.717) is 18.0 Å². The molecule has 2 fully saturated rings. The van der Waals surface area contributed by atoms with Crippen LogP contribution in [0.3, 0.4) is 0 Å². The molecule has 0 aromatic heterocycles. The Morgan fingerprint density at radius 1 is 1.25 bits per heavy atom. The Labute approximate surface area is 74.2 Å². The van der Waals surface area contributed by atoms with Crippen molar-refractivity contribution in [2.24, 2.45) is 5.92 Å². The zero-order valence-electron chi connectivity index (χ0n) is 7.66. The van der Waals surface area contributed by atoms with Gasteiger partial charge in [0.2, 0.25) is 0 Å². The van der Waals surface area contributed by atoms with Gasteiger partial charge in [0.1, 0.15) is 0 Å². The largest absolute Gasteiger partial charge is 0.300 e. The number of nitrogens with zero attached hydrogens (tertiary/aromatic N) is 2. The molecule has 2 nitrogen and oxygen atoms in total. The minimum Gasteiger partial charge on any atom is -0.300 e. The molecule has 0 N–H and O–H groups in total. The molecule has 0 radical (unpaired) electrons. The SMILES string of the molecule is CN1C2CCCC1CC(C#N)C2. The summed E-state index contributed by atoms with van der Waals surface area (Å²) in [7, 11) is 2.22. The van der Waals surface area contributed by atoms with Crippen LogP contribution in [0, 0.1) is 17.2 Å². The van der Waals surface area contributed by atoms with E-state index in [1.165, 1.54) is 19.3 Å². The Morgan fingerprint density at radius 2 is 1.83 bits per heavy atom. The highest BCUT2D eigenvalue weighted by Gasteiger charge is 2.35. The molecule has 0 amide bonds. The molecule has 2 aliphatic heterocycles. The Morgan fingerprint density at radius 3 is 2.33 bits per heavy atom. The average Bonchev–Trinajstić information content (AvgIpc) is 2.04. The Kier molecular flexibility index (Phi) is 2.06. The molecule has 0 aromatic carbocycles. The molecule has 0 spiro atoms. The first-order valence-electron chi connectivity index (χ1n) is 4.93. The van der Waals surface area contributed by atoms with E-state index in [9.17, 15) is 0 Å². The third-order valence-corrected chi connectivity index (χ3v) is 3.52. The number of rotatable bonds is 0. The van der Waals surface area contributed by atoms with E-state index in [2.05, 4.69) is 18.0 Å². The molecule has 2 aliphatic rings. The monoisotopic (exact) mass is 164 g/mol. The van der Waals surface area contributed by atoms with Crippen LogP contribution in [0.25, 0.3) is 0 Å². The third kappa shape index (κ3) is 1.23. The average molecular weight is 164 g/mol. The van der Waals surface area contributed by atoms with Crippen LogP contribution in [-0.4, -0.2) is 24.0 Å². The van der Waals surface area contributed by atoms with Gasteiger partial charge < -0.3 is 4.90 Å². The van der Waals surface area contributed by atoms with Gasteiger partial charge in [0.05, 0.1) is 6.07 Å². The van der Waals surface area contributed by atoms with Gasteiger partial charge in [0.15, 0.2) is 0 Å². The lowest BCUT2D eigenvalue weighted by Gasteiger charge is -2.45. The molecule has 0 saturated carbocycles. The van der Waals surface area contributed by atoms with Crippen molar-refractivity contribution < 1.29 is 0 Å². The topological polar surface area (TPSA) is 27.0 Å². The number of piperidine rings is 2. The summed E-state index contributed by atoms with van der Waals surface area (Å²) in [5.74, 6) is 0.344. The van der Waals surface area contributed by atoms with Crippen molar-refractivity contribution in [2.45, 2.75) is 44.2 Å². The van der Waals surface area contributed by atoms with Crippen molar-refractivity contribution in [1.82, 2.24) is 4.90 Å². The number of nitriles is 1. The van der Waals surface area contributed by atoms with E-state index in [-0.39, 0.29) is 0 Å². The van der Waals surface area contributed by atoms with Gasteiger partial charge >= 0.3 is 0 Å². The van der Waals surface area contributed by atoms with Gasteiger partial charge in [-0.25, -0.2) is 0 Å². The summed E-state index contributed by atoms with van der Waals surface area (Å²) < 4.78 is 0. The molecule has 2 rings (SSSR count). The number of hydrogen-bond donors (Lipinski definition) is 0. The van der Waals surface area contributed by atoms with Crippen LogP contribution >= 0.6 is 0 Å². The van der Waals surface area contributed by atoms with E-state index in [0.717, 1.165) is 12.8 Å². The quantitative estimate of drug-likeness (QED) is 0.545. The van der Waals surface area contributed by atoms with Gasteiger partial charge in [0, 0.05) is 18.0 Å². The summed E-state index contributed by atoms with van der Waals surface area (Å²) in [6.07, 6.45) is 6.22. The molecule has 66 valence electrons. The summed E-state index contributed by atoms with van der Waals surface area (Å²) in [6, 6.07) is 3.85. The van der Waals surface area contributed by atoms with E-state index in [1.807, 2.05) is 0 Å². The molecule has 2 heteroatoms. The lowest BCUT2D eigenvalue weighted by molar-refractivity contribution is 0.0502. The molecule has 0 aliphatic carbocycles. The van der Waals surface area contributed by atoms with Gasteiger partial charge in [0.25, 0.3) is 0 Å². The Hall–Kier alpha value is -0.550. The first-order chi connectivity index (χ1) is 5.81. The predicted molar refractivity (Wildman–Crippen MR) is 47.5 cm³/mol. The van der Waals surface area contributed by atoms with Crippen molar-refractivity contribution in [3.05, 3.63) is 0 Å². The number of hydrogen-bond acceptors (Lipinski definition) is 2. The van der Waals surface area contributed by atoms with Crippen LogP contribution in [0.1, 0.15) is 32.1 Å². The minimum absolute atomic E-state index is 0.344. The second-order valence-corrected chi connectivity index (χ2v) is 4.20. The van der Waals surface area contributed by atoms with Gasteiger partial charge in [-0.05, 0) is 32.7 Å². The summed E-state index contributed by atoms with van der Waals surface area (Å²) in [5, 5.41) is 8.86. The van der Waals surface area contributed by atoms with E-state index >= 15 is 0 Å². The van der Waals surface area contributed by atoms with Crippen molar-refractivity contribution in [1.29, 1.82) is 5.26 Å². The molecule has 12 heavy (non-hydrogen) atoms. The van der Waals surface area contributed by atoms with Crippen molar-refractivity contribution in [3.8, 4) is 6.07 Å². The summed E-state index contributed by atoms with van der Waals surface area (Å²) in [5.41, 5.74) is 0. The van der Waals surface area contributed by atoms with Crippen molar-refractivity contribution in [3.63, 3.8) is 0 Å². The van der Waals surface area contributed by atoms with Crippen LogP contribution in [0.2, 0.25) is 0 Å². The maximum atomic E-state index is 8.86. The highest BCUT2D eigenvalue weighted by atomic mass is 15.2. The summed E-state index contributed by atoms with van der Waals surface area (Å²) >= 11 is 0. The lowest BCUT2D eigenvalue weighted by Crippen LogP contribution is -2.49. The second-order valence-electron chi connectivity index (χ2n) is 4.20.